The minimum Gasteiger partial charge on any atom is -0.733 e. The molecule has 7 heteroatoms. The van der Waals surface area contributed by atoms with Gasteiger partial charge in [-0.3, -0.25) is 9.05 Å². The summed E-state index contributed by atoms with van der Waals surface area (Å²) in [5, 5.41) is 11.0. The number of phosphoric acid groups is 1. The highest BCUT2D eigenvalue weighted by atomic mass is 31.2. The van der Waals surface area contributed by atoms with Gasteiger partial charge >= 0.3 is 7.82 Å². The van der Waals surface area contributed by atoms with Gasteiger partial charge in [0, 0.05) is 5.70 Å². The van der Waals surface area contributed by atoms with E-state index in [1.807, 2.05) is 0 Å². The van der Waals surface area contributed by atoms with Crippen molar-refractivity contribution in [3.8, 4) is 0 Å². The number of nitrogens with zero attached hydrogens (tertiary/aromatic N) is 1. The molecule has 0 radical (unpaired) electrons. The lowest BCUT2D eigenvalue weighted by atomic mass is 10.6. The van der Waals surface area contributed by atoms with Crippen molar-refractivity contribution in [3.05, 3.63) is 17.5 Å². The number of hydrogen-bond donors (Lipinski definition) is 0. The first-order valence-corrected chi connectivity index (χ1v) is 5.62. The highest BCUT2D eigenvalue weighted by Crippen LogP contribution is 2.50. The molecule has 0 saturated carbocycles. The Labute approximate surface area is 83.6 Å². The van der Waals surface area contributed by atoms with E-state index in [0.717, 1.165) is 0 Å². The molecule has 0 aromatic rings. The first kappa shape index (κ1) is 13.6. The van der Waals surface area contributed by atoms with Crippen LogP contribution in [0.25, 0.3) is 0 Å². The third kappa shape index (κ3) is 4.74. The van der Waals surface area contributed by atoms with Gasteiger partial charge in [-0.25, -0.2) is 4.57 Å². The van der Waals surface area contributed by atoms with Crippen LogP contribution in [-0.4, -0.2) is 18.4 Å². The van der Waals surface area contributed by atoms with Gasteiger partial charge in [-0.05, 0) is 20.8 Å². The van der Waals surface area contributed by atoms with Crippen molar-refractivity contribution < 1.29 is 18.2 Å². The topological polar surface area (TPSA) is 71.1 Å². The van der Waals surface area contributed by atoms with E-state index >= 15 is 0 Å². The Hall–Kier alpha value is -0.390. The summed E-state index contributed by atoms with van der Waals surface area (Å²) in [6, 6.07) is 0. The molecule has 0 heterocycles. The molecule has 0 aromatic heterocycles. The molecule has 0 spiro atoms. The average molecular weight is 224 g/mol. The Morgan fingerprint density at radius 2 is 1.86 bits per heavy atom. The predicted molar refractivity (Wildman–Crippen MR) is 52.0 cm³/mol. The van der Waals surface area contributed by atoms with E-state index in [-0.39, 0.29) is 24.1 Å². The van der Waals surface area contributed by atoms with Crippen molar-refractivity contribution in [2.75, 3.05) is 13.2 Å². The van der Waals surface area contributed by atoms with E-state index in [2.05, 4.69) is 11.2 Å². The Kier molecular flexibility index (Phi) is 5.99. The van der Waals surface area contributed by atoms with Crippen LogP contribution >= 0.6 is 7.82 Å². The van der Waals surface area contributed by atoms with Gasteiger partial charge in [0.25, 0.3) is 0 Å². The smallest absolute Gasteiger partial charge is 0.495 e. The Morgan fingerprint density at radius 1 is 1.43 bits per heavy atom. The summed E-state index contributed by atoms with van der Waals surface area (Å²) in [7, 11) is -3.78. The summed E-state index contributed by atoms with van der Waals surface area (Å²) >= 11 is 0. The molecule has 0 N–H and O–H groups in total. The molecule has 0 saturated heterocycles. The van der Waals surface area contributed by atoms with Crippen LogP contribution < -0.4 is 0 Å². The first-order valence-electron chi connectivity index (χ1n) is 4.16. The summed E-state index contributed by atoms with van der Waals surface area (Å²) in [5.74, 6) is 0. The lowest BCUT2D eigenvalue weighted by Gasteiger charge is -2.31. The molecule has 0 rings (SSSR count). The monoisotopic (exact) mass is 224 g/mol. The second kappa shape index (κ2) is 6.16. The second-order valence-electron chi connectivity index (χ2n) is 2.36. The quantitative estimate of drug-likeness (QED) is 0.488. The van der Waals surface area contributed by atoms with Crippen molar-refractivity contribution in [3.63, 3.8) is 0 Å². The second-order valence-corrected chi connectivity index (χ2v) is 3.93. The standard InChI is InChI=1S/C7H15NO5P/c1-5-11-14(10,12-6-2)13-8(9)7(3)4/h3,5-6H2,1-2,4H3/q-1. The van der Waals surface area contributed by atoms with E-state index in [4.69, 9.17) is 9.05 Å². The number of phosphoric ester groups is 1. The van der Waals surface area contributed by atoms with Crippen molar-refractivity contribution in [1.82, 2.24) is 5.23 Å². The Morgan fingerprint density at radius 3 is 2.14 bits per heavy atom. The zero-order valence-corrected chi connectivity index (χ0v) is 9.45. The molecule has 6 nitrogen and oxygen atoms in total. The molecule has 0 aromatic carbocycles. The predicted octanol–water partition coefficient (Wildman–Crippen LogP) is 2.43. The summed E-state index contributed by atoms with van der Waals surface area (Å²) in [6.45, 7) is 8.21. The van der Waals surface area contributed by atoms with Gasteiger partial charge in [-0.2, -0.15) is 4.62 Å². The molecule has 0 aliphatic carbocycles. The molecule has 0 aliphatic rings. The van der Waals surface area contributed by atoms with Crippen LogP contribution in [0.4, 0.5) is 0 Å². The summed E-state index contributed by atoms with van der Waals surface area (Å²) in [4.78, 5) is 0. The van der Waals surface area contributed by atoms with Gasteiger partial charge in [0.1, 0.15) is 0 Å². The van der Waals surface area contributed by atoms with Crippen LogP contribution in [0.1, 0.15) is 20.8 Å². The fourth-order valence-electron chi connectivity index (χ4n) is 0.561. The molecule has 0 unspecified atom stereocenters. The molecule has 0 bridgehead atoms. The largest absolute Gasteiger partial charge is 0.733 e. The number of hydrogen-bond acceptors (Lipinski definition) is 6. The summed E-state index contributed by atoms with van der Waals surface area (Å²) in [6.07, 6.45) is 0. The Bertz CT molecular complexity index is 222. The molecule has 14 heavy (non-hydrogen) atoms. The molecular formula is C7H15NO5P-. The van der Waals surface area contributed by atoms with E-state index in [0.29, 0.717) is 0 Å². The molecule has 0 atom stereocenters. The average Bonchev–Trinajstić information content (AvgIpc) is 2.04. The van der Waals surface area contributed by atoms with Crippen LogP contribution in [0.15, 0.2) is 12.3 Å². The summed E-state index contributed by atoms with van der Waals surface area (Å²) < 4.78 is 25.5. The van der Waals surface area contributed by atoms with Crippen LogP contribution in [0.5, 0.6) is 0 Å². The minimum atomic E-state index is -3.78. The lowest BCUT2D eigenvalue weighted by molar-refractivity contribution is -0.0229. The van der Waals surface area contributed by atoms with E-state index in [9.17, 15) is 9.77 Å². The molecule has 84 valence electrons. The normalized spacial score (nSPS) is 11.4. The zero-order valence-electron chi connectivity index (χ0n) is 8.56. The number of allylic oxidation sites excluding steroid dienone is 1. The van der Waals surface area contributed by atoms with Crippen LogP contribution in [0, 0.1) is 5.21 Å². The van der Waals surface area contributed by atoms with E-state index < -0.39 is 7.82 Å². The third-order valence-corrected chi connectivity index (χ3v) is 2.56. The molecular weight excluding hydrogens is 209 g/mol. The zero-order chi connectivity index (χ0) is 11.2. The first-order chi connectivity index (χ1) is 6.45. The molecule has 0 fully saturated rings. The van der Waals surface area contributed by atoms with Crippen LogP contribution in [0.3, 0.4) is 0 Å². The van der Waals surface area contributed by atoms with Crippen molar-refractivity contribution >= 4 is 7.82 Å². The van der Waals surface area contributed by atoms with Gasteiger partial charge < -0.3 is 10.4 Å². The molecule has 0 aliphatic heterocycles. The number of hydroxylamine groups is 2. The van der Waals surface area contributed by atoms with Crippen LogP contribution in [-0.2, 0) is 18.2 Å². The van der Waals surface area contributed by atoms with Crippen molar-refractivity contribution in [1.29, 1.82) is 0 Å². The van der Waals surface area contributed by atoms with Gasteiger partial charge in [0.15, 0.2) is 0 Å². The number of rotatable bonds is 7. The van der Waals surface area contributed by atoms with Gasteiger partial charge in [0.2, 0.25) is 0 Å². The van der Waals surface area contributed by atoms with E-state index in [1.54, 1.807) is 13.8 Å². The Balaban J connectivity index is 4.35. The maximum absolute atomic E-state index is 11.6. The maximum atomic E-state index is 11.6. The van der Waals surface area contributed by atoms with Gasteiger partial charge in [-0.15, -0.1) is 0 Å². The SMILES string of the molecule is C=C(C)N([O-])OP(=O)(OCC)OCC. The summed E-state index contributed by atoms with van der Waals surface area (Å²) in [5.41, 5.74) is 0.0598. The minimum absolute atomic E-state index is 0.0199. The van der Waals surface area contributed by atoms with E-state index in [1.165, 1.54) is 6.92 Å². The highest BCUT2D eigenvalue weighted by Gasteiger charge is 2.26. The van der Waals surface area contributed by atoms with Crippen molar-refractivity contribution in [2.45, 2.75) is 20.8 Å². The van der Waals surface area contributed by atoms with Gasteiger partial charge in [0.05, 0.1) is 13.2 Å². The lowest BCUT2D eigenvalue weighted by Crippen LogP contribution is -2.14. The van der Waals surface area contributed by atoms with Crippen LogP contribution in [0.2, 0.25) is 0 Å². The van der Waals surface area contributed by atoms with Gasteiger partial charge in [-0.1, -0.05) is 6.58 Å². The maximum Gasteiger partial charge on any atom is 0.495 e. The fourth-order valence-corrected chi connectivity index (χ4v) is 1.68. The fraction of sp³-hybridized carbons (Fsp3) is 0.714. The molecule has 0 amide bonds. The highest BCUT2D eigenvalue weighted by molar-refractivity contribution is 7.48. The van der Waals surface area contributed by atoms with Crippen molar-refractivity contribution in [2.24, 2.45) is 0 Å². The third-order valence-electron chi connectivity index (χ3n) is 1.06.